The summed E-state index contributed by atoms with van der Waals surface area (Å²) >= 11 is 1.79. The Bertz CT molecular complexity index is 2320. The van der Waals surface area contributed by atoms with Gasteiger partial charge in [-0.05, 0) is 89.2 Å². The van der Waals surface area contributed by atoms with Gasteiger partial charge in [0.1, 0.15) is 29.8 Å². The van der Waals surface area contributed by atoms with E-state index in [0.29, 0.717) is 43.7 Å². The van der Waals surface area contributed by atoms with Crippen molar-refractivity contribution in [2.24, 2.45) is 0 Å². The number of fused-ring (bicyclic) bond motifs is 1. The lowest BCUT2D eigenvalue weighted by atomic mass is 9.75. The van der Waals surface area contributed by atoms with Gasteiger partial charge in [-0.3, -0.25) is 10.1 Å². The van der Waals surface area contributed by atoms with E-state index in [4.69, 9.17) is 14.2 Å². The van der Waals surface area contributed by atoms with Crippen molar-refractivity contribution in [3.05, 3.63) is 167 Å². The molecule has 2 unspecified atom stereocenters. The van der Waals surface area contributed by atoms with Crippen LogP contribution in [0.5, 0.6) is 17.2 Å². The third-order valence-corrected chi connectivity index (χ3v) is 13.2. The Kier molecular flexibility index (Phi) is 13.1. The predicted octanol–water partition coefficient (Wildman–Crippen LogP) is 9.73. The normalized spacial score (nSPS) is 18.1. The molecule has 6 aromatic rings. The van der Waals surface area contributed by atoms with Crippen molar-refractivity contribution < 1.29 is 19.0 Å². The highest BCUT2D eigenvalue weighted by Crippen LogP contribution is 2.58. The summed E-state index contributed by atoms with van der Waals surface area (Å²) < 4.78 is 20.3. The molecule has 61 heavy (non-hydrogen) atoms. The summed E-state index contributed by atoms with van der Waals surface area (Å²) in [7, 11) is 0. The zero-order valence-corrected chi connectivity index (χ0v) is 36.4. The van der Waals surface area contributed by atoms with Crippen LogP contribution < -0.4 is 19.5 Å². The monoisotopic (exact) mass is 836 g/mol. The van der Waals surface area contributed by atoms with Gasteiger partial charge in [-0.1, -0.05) is 142 Å². The van der Waals surface area contributed by atoms with Gasteiger partial charge < -0.3 is 19.1 Å². The third-order valence-electron chi connectivity index (χ3n) is 11.6. The second-order valence-electron chi connectivity index (χ2n) is 16.4. The van der Waals surface area contributed by atoms with Crippen molar-refractivity contribution in [3.8, 4) is 17.2 Å². The molecule has 3 heterocycles. The molecule has 2 fully saturated rings. The number of rotatable bonds is 20. The number of hydrogen-bond acceptors (Lipinski definition) is 9. The first-order chi connectivity index (χ1) is 29.8. The summed E-state index contributed by atoms with van der Waals surface area (Å²) in [6.07, 6.45) is 5.19. The number of hydrogen-bond donors (Lipinski definition) is 1. The number of benzene rings is 5. The number of carbonyl (C=O) groups excluding carboxylic acids is 1. The van der Waals surface area contributed by atoms with Gasteiger partial charge in [-0.25, -0.2) is 4.68 Å². The number of nitrogens with one attached hydrogen (secondary N) is 1. The van der Waals surface area contributed by atoms with Gasteiger partial charge in [0, 0.05) is 4.75 Å². The maximum Gasteiger partial charge on any atom is 0.244 e. The number of ether oxygens (including phenoxy) is 3. The Hall–Kier alpha value is -5.65. The summed E-state index contributed by atoms with van der Waals surface area (Å²) in [6, 6.07) is 44.4. The molecule has 0 saturated carbocycles. The minimum atomic E-state index is -0.864. The van der Waals surface area contributed by atoms with Gasteiger partial charge in [-0.15, -0.1) is 16.9 Å². The Morgan fingerprint density at radius 1 is 0.705 bits per heavy atom. The van der Waals surface area contributed by atoms with Crippen LogP contribution in [-0.4, -0.2) is 60.4 Å². The lowest BCUT2D eigenvalue weighted by molar-refractivity contribution is -0.150. The van der Waals surface area contributed by atoms with E-state index in [0.717, 1.165) is 65.7 Å². The highest BCUT2D eigenvalue weighted by atomic mass is 32.2. The van der Waals surface area contributed by atoms with Crippen LogP contribution in [0.2, 0.25) is 0 Å². The van der Waals surface area contributed by atoms with Gasteiger partial charge >= 0.3 is 0 Å². The average Bonchev–Trinajstić information content (AvgIpc) is 3.84. The molecule has 0 bridgehead atoms. The van der Waals surface area contributed by atoms with E-state index in [1.54, 1.807) is 11.8 Å². The van der Waals surface area contributed by atoms with E-state index in [9.17, 15) is 4.79 Å². The Labute approximate surface area is 364 Å². The average molecular weight is 837 g/mol. The van der Waals surface area contributed by atoms with Crippen molar-refractivity contribution in [1.82, 2.24) is 30.4 Å². The molecular weight excluding hydrogens is 781 g/mol. The fourth-order valence-electron chi connectivity index (χ4n) is 8.52. The Morgan fingerprint density at radius 3 is 2.08 bits per heavy atom. The zero-order valence-electron chi connectivity index (χ0n) is 35.6. The maximum atomic E-state index is 14.8. The van der Waals surface area contributed by atoms with Crippen molar-refractivity contribution in [1.29, 1.82) is 0 Å². The molecule has 316 valence electrons. The Morgan fingerprint density at radius 2 is 1.38 bits per heavy atom. The van der Waals surface area contributed by atoms with Crippen LogP contribution in [0.15, 0.2) is 133 Å². The van der Waals surface area contributed by atoms with Crippen LogP contribution in [0.4, 0.5) is 0 Å². The molecule has 0 radical (unpaired) electrons. The standard InChI is InChI=1S/C50H56N6O4S/c1-5-7-18-31-59-43-32-37(28-29-42(43)60-35-36-20-12-9-13-21-36)34-55-46(52-53-54-55)45-49(3,4)61-48-44(47(57)56(45)48)51-50(38-22-14-10-15-23-38,39-24-16-11-17-25-39)40-26-19-27-41(33-40)58-30-8-6-2/h9-17,19-29,32-33,44-45,48,51H,5-8,18,30-31,34-35H2,1-4H3/t44?,45?,48-/m1/s1. The van der Waals surface area contributed by atoms with Crippen molar-refractivity contribution in [2.45, 2.75) is 101 Å². The fourth-order valence-corrected chi connectivity index (χ4v) is 10.2. The largest absolute Gasteiger partial charge is 0.494 e. The summed E-state index contributed by atoms with van der Waals surface area (Å²) in [5, 5.41) is 17.1. The minimum Gasteiger partial charge on any atom is -0.494 e. The molecule has 11 heteroatoms. The topological polar surface area (TPSA) is 104 Å². The van der Waals surface area contributed by atoms with Crippen LogP contribution in [0.25, 0.3) is 0 Å². The summed E-state index contributed by atoms with van der Waals surface area (Å²) in [6.45, 7) is 10.8. The molecule has 10 nitrogen and oxygen atoms in total. The number of aromatic nitrogens is 4. The molecular formula is C50H56N6O4S. The number of unbranched alkanes of at least 4 members (excludes halogenated alkanes) is 3. The van der Waals surface area contributed by atoms with E-state index in [-0.39, 0.29) is 17.3 Å². The fraction of sp³-hybridized carbons (Fsp3) is 0.360. The highest BCUT2D eigenvalue weighted by molar-refractivity contribution is 8.01. The third kappa shape index (κ3) is 8.90. The van der Waals surface area contributed by atoms with Gasteiger partial charge in [-0.2, -0.15) is 0 Å². The van der Waals surface area contributed by atoms with Crippen molar-refractivity contribution in [2.75, 3.05) is 13.2 Å². The quantitative estimate of drug-likeness (QED) is 0.0458. The van der Waals surface area contributed by atoms with Crippen LogP contribution in [0, 0.1) is 0 Å². The summed E-state index contributed by atoms with van der Waals surface area (Å²) in [5.74, 6) is 2.85. The molecule has 1 amide bonds. The summed E-state index contributed by atoms with van der Waals surface area (Å²) in [4.78, 5) is 16.8. The van der Waals surface area contributed by atoms with Crippen molar-refractivity contribution >= 4 is 17.7 Å². The van der Waals surface area contributed by atoms with Crippen LogP contribution in [0.3, 0.4) is 0 Å². The lowest BCUT2D eigenvalue weighted by Gasteiger charge is -2.49. The molecule has 1 N–H and O–H groups in total. The number of β-lactam (4-membered cyclic amide) rings is 1. The minimum absolute atomic E-state index is 0.0110. The summed E-state index contributed by atoms with van der Waals surface area (Å²) in [5.41, 5.74) is 4.26. The van der Waals surface area contributed by atoms with Gasteiger partial charge in [0.2, 0.25) is 5.91 Å². The SMILES string of the molecule is CCCCCOc1cc(Cn2nnnc2C2N3C(=O)C(NC(c4ccccc4)(c4ccccc4)c4cccc(OCCCC)c4)[C@H]3SC2(C)C)ccc1OCc1ccccc1. The van der Waals surface area contributed by atoms with Gasteiger partial charge in [0.25, 0.3) is 0 Å². The molecule has 2 saturated heterocycles. The van der Waals surface area contributed by atoms with E-state index in [2.05, 4.69) is 121 Å². The predicted molar refractivity (Wildman–Crippen MR) is 241 cm³/mol. The second kappa shape index (κ2) is 19.0. The smallest absolute Gasteiger partial charge is 0.244 e. The van der Waals surface area contributed by atoms with E-state index in [1.165, 1.54) is 0 Å². The molecule has 2 aliphatic rings. The molecule has 8 rings (SSSR count). The molecule has 3 atom stereocenters. The number of amides is 1. The molecule has 2 aliphatic heterocycles. The zero-order chi connectivity index (χ0) is 42.2. The Balaban J connectivity index is 1.08. The first kappa shape index (κ1) is 42.1. The molecule has 5 aromatic carbocycles. The van der Waals surface area contributed by atoms with E-state index < -0.39 is 16.3 Å². The number of carbonyl (C=O) groups is 1. The number of nitrogens with zero attached hydrogens (tertiary/aromatic N) is 5. The molecule has 1 aromatic heterocycles. The van der Waals surface area contributed by atoms with Crippen LogP contribution in [0.1, 0.15) is 99.5 Å². The first-order valence-electron chi connectivity index (χ1n) is 21.6. The number of tetrazole rings is 1. The van der Waals surface area contributed by atoms with Gasteiger partial charge in [0.05, 0.1) is 25.3 Å². The molecule has 0 aliphatic carbocycles. The van der Waals surface area contributed by atoms with Gasteiger partial charge in [0.15, 0.2) is 17.3 Å². The van der Waals surface area contributed by atoms with Crippen LogP contribution >= 0.6 is 11.8 Å². The maximum absolute atomic E-state index is 14.8. The first-order valence-corrected chi connectivity index (χ1v) is 22.5. The second-order valence-corrected chi connectivity index (χ2v) is 18.2. The van der Waals surface area contributed by atoms with E-state index >= 15 is 0 Å². The van der Waals surface area contributed by atoms with E-state index in [1.807, 2.05) is 70.2 Å². The lowest BCUT2D eigenvalue weighted by Crippen LogP contribution is -2.70. The van der Waals surface area contributed by atoms with Crippen LogP contribution in [-0.2, 0) is 23.5 Å². The number of thioether (sulfide) groups is 1. The van der Waals surface area contributed by atoms with Crippen molar-refractivity contribution in [3.63, 3.8) is 0 Å². The highest BCUT2D eigenvalue weighted by Gasteiger charge is 2.64. The molecule has 0 spiro atoms.